The lowest BCUT2D eigenvalue weighted by Gasteiger charge is -2.14. The van der Waals surface area contributed by atoms with Gasteiger partial charge in [0.05, 0.1) is 4.32 Å². The van der Waals surface area contributed by atoms with Gasteiger partial charge in [0, 0.05) is 10.4 Å². The number of hydrogen-bond acceptors (Lipinski definition) is 1. The summed E-state index contributed by atoms with van der Waals surface area (Å²) in [4.78, 5) is 12.2. The van der Waals surface area contributed by atoms with Gasteiger partial charge in [-0.1, -0.05) is 56.1 Å². The summed E-state index contributed by atoms with van der Waals surface area (Å²) in [6.07, 6.45) is 0. The predicted octanol–water partition coefficient (Wildman–Crippen LogP) is 4.50. The second-order valence-corrected chi connectivity index (χ2v) is 7.40. The van der Waals surface area contributed by atoms with E-state index in [-0.39, 0.29) is 5.78 Å². The van der Waals surface area contributed by atoms with Crippen molar-refractivity contribution in [2.24, 2.45) is 0 Å². The van der Waals surface area contributed by atoms with Crippen LogP contribution in [0.5, 0.6) is 0 Å². The van der Waals surface area contributed by atoms with Gasteiger partial charge in [0.15, 0.2) is 5.78 Å². The van der Waals surface area contributed by atoms with E-state index in [1.807, 2.05) is 38.1 Å². The normalized spacial score (nSPS) is 13.7. The van der Waals surface area contributed by atoms with E-state index in [1.54, 1.807) is 0 Å². The van der Waals surface area contributed by atoms with Crippen LogP contribution in [0.15, 0.2) is 24.3 Å². The minimum atomic E-state index is -0.492. The number of carbonyl (C=O) groups is 1. The van der Waals surface area contributed by atoms with Crippen LogP contribution < -0.4 is 0 Å². The lowest BCUT2D eigenvalue weighted by molar-refractivity contribution is 0.0961. The van der Waals surface area contributed by atoms with Crippen LogP contribution in [-0.4, -0.2) is 10.1 Å². The van der Waals surface area contributed by atoms with Crippen molar-refractivity contribution in [1.29, 1.82) is 0 Å². The van der Waals surface area contributed by atoms with Crippen LogP contribution in [-0.2, 0) is 0 Å². The highest BCUT2D eigenvalue weighted by Gasteiger charge is 2.24. The fourth-order valence-electron chi connectivity index (χ4n) is 1.24. The van der Waals surface area contributed by atoms with Crippen molar-refractivity contribution in [1.82, 2.24) is 0 Å². The van der Waals surface area contributed by atoms with Crippen molar-refractivity contribution in [2.75, 3.05) is 0 Å². The molecule has 1 atom stereocenters. The number of carbonyl (C=O) groups excluding carboxylic acids is 1. The lowest BCUT2D eigenvalue weighted by atomic mass is 9.99. The summed E-state index contributed by atoms with van der Waals surface area (Å²) in [6, 6.07) is 7.70. The summed E-state index contributed by atoms with van der Waals surface area (Å²) in [5.74, 6) is 0.108. The molecular formula is C12H14Br2O. The standard InChI is InChI=1S/C12H14Br2O/c1-8(13)9-4-6-10(7-5-9)11(15)12(2,3)14/h4-8H,1-3H3. The fraction of sp³-hybridized carbons (Fsp3) is 0.417. The zero-order valence-corrected chi connectivity index (χ0v) is 12.2. The maximum absolute atomic E-state index is 11.9. The van der Waals surface area contributed by atoms with Gasteiger partial charge in [-0.3, -0.25) is 4.79 Å². The number of benzene rings is 1. The Morgan fingerprint density at radius 2 is 1.73 bits per heavy atom. The Labute approximate surface area is 108 Å². The molecule has 82 valence electrons. The van der Waals surface area contributed by atoms with Crippen LogP contribution >= 0.6 is 31.9 Å². The SMILES string of the molecule is CC(Br)c1ccc(C(=O)C(C)(C)Br)cc1. The third-order valence-corrected chi connectivity index (χ3v) is 3.06. The fourth-order valence-corrected chi connectivity index (χ4v) is 1.78. The maximum atomic E-state index is 11.9. The summed E-state index contributed by atoms with van der Waals surface area (Å²) in [6.45, 7) is 5.78. The second kappa shape index (κ2) is 4.79. The van der Waals surface area contributed by atoms with Crippen LogP contribution in [0, 0.1) is 0 Å². The number of ketones is 1. The first-order chi connectivity index (χ1) is 6.82. The lowest BCUT2D eigenvalue weighted by Crippen LogP contribution is -2.23. The Morgan fingerprint density at radius 1 is 1.27 bits per heavy atom. The number of hydrogen-bond donors (Lipinski definition) is 0. The molecule has 15 heavy (non-hydrogen) atoms. The van der Waals surface area contributed by atoms with E-state index in [9.17, 15) is 4.79 Å². The molecule has 0 saturated carbocycles. The van der Waals surface area contributed by atoms with Crippen molar-refractivity contribution in [3.05, 3.63) is 35.4 Å². The smallest absolute Gasteiger partial charge is 0.178 e. The molecule has 0 fully saturated rings. The minimum absolute atomic E-state index is 0.108. The first-order valence-electron chi connectivity index (χ1n) is 4.80. The molecule has 1 aromatic rings. The molecule has 1 aromatic carbocycles. The zero-order valence-electron chi connectivity index (χ0n) is 9.05. The Bertz CT molecular complexity index is 347. The molecule has 1 nitrogen and oxygen atoms in total. The van der Waals surface area contributed by atoms with Gasteiger partial charge in [0.2, 0.25) is 0 Å². The van der Waals surface area contributed by atoms with Gasteiger partial charge in [0.25, 0.3) is 0 Å². The van der Waals surface area contributed by atoms with Crippen molar-refractivity contribution in [2.45, 2.75) is 29.9 Å². The quantitative estimate of drug-likeness (QED) is 0.588. The van der Waals surface area contributed by atoms with E-state index in [1.165, 1.54) is 5.56 Å². The summed E-state index contributed by atoms with van der Waals surface area (Å²) in [5, 5.41) is 0. The summed E-state index contributed by atoms with van der Waals surface area (Å²) in [5.41, 5.74) is 1.92. The van der Waals surface area contributed by atoms with Crippen LogP contribution in [0.2, 0.25) is 0 Å². The topological polar surface area (TPSA) is 17.1 Å². The van der Waals surface area contributed by atoms with E-state index in [0.29, 0.717) is 4.83 Å². The zero-order chi connectivity index (χ0) is 11.6. The van der Waals surface area contributed by atoms with Crippen LogP contribution in [0.25, 0.3) is 0 Å². The average molecular weight is 334 g/mol. The van der Waals surface area contributed by atoms with Gasteiger partial charge in [-0.15, -0.1) is 0 Å². The summed E-state index contributed by atoms with van der Waals surface area (Å²) >= 11 is 6.86. The Morgan fingerprint density at radius 3 is 2.07 bits per heavy atom. The number of rotatable bonds is 3. The summed E-state index contributed by atoms with van der Waals surface area (Å²) < 4.78 is -0.492. The van der Waals surface area contributed by atoms with Crippen molar-refractivity contribution in [3.8, 4) is 0 Å². The van der Waals surface area contributed by atoms with E-state index >= 15 is 0 Å². The van der Waals surface area contributed by atoms with Gasteiger partial charge >= 0.3 is 0 Å². The van der Waals surface area contributed by atoms with E-state index < -0.39 is 4.32 Å². The molecule has 1 unspecified atom stereocenters. The van der Waals surface area contributed by atoms with Crippen molar-refractivity contribution in [3.63, 3.8) is 0 Å². The molecule has 0 aliphatic heterocycles. The Hall–Kier alpha value is -0.150. The molecule has 3 heteroatoms. The van der Waals surface area contributed by atoms with E-state index in [4.69, 9.17) is 0 Å². The van der Waals surface area contributed by atoms with Gasteiger partial charge < -0.3 is 0 Å². The first-order valence-corrected chi connectivity index (χ1v) is 6.51. The largest absolute Gasteiger partial charge is 0.293 e. The van der Waals surface area contributed by atoms with E-state index in [0.717, 1.165) is 5.56 Å². The maximum Gasteiger partial charge on any atom is 0.178 e. The van der Waals surface area contributed by atoms with Gasteiger partial charge in [-0.25, -0.2) is 0 Å². The third kappa shape index (κ3) is 3.42. The minimum Gasteiger partial charge on any atom is -0.293 e. The molecule has 0 saturated heterocycles. The highest BCUT2D eigenvalue weighted by atomic mass is 79.9. The van der Waals surface area contributed by atoms with Gasteiger partial charge in [-0.05, 0) is 26.3 Å². The molecule has 1 rings (SSSR count). The van der Waals surface area contributed by atoms with Gasteiger partial charge in [0.1, 0.15) is 0 Å². The molecular weight excluding hydrogens is 320 g/mol. The van der Waals surface area contributed by atoms with E-state index in [2.05, 4.69) is 38.8 Å². The highest BCUT2D eigenvalue weighted by molar-refractivity contribution is 9.10. The first kappa shape index (κ1) is 12.9. The van der Waals surface area contributed by atoms with Gasteiger partial charge in [-0.2, -0.15) is 0 Å². The molecule has 0 aromatic heterocycles. The number of halogens is 2. The molecule has 0 aliphatic rings. The van der Waals surface area contributed by atoms with Crippen LogP contribution in [0.3, 0.4) is 0 Å². The monoisotopic (exact) mass is 332 g/mol. The molecule has 0 amide bonds. The van der Waals surface area contributed by atoms with Crippen LogP contribution in [0.4, 0.5) is 0 Å². The van der Waals surface area contributed by atoms with Crippen LogP contribution in [0.1, 0.15) is 41.5 Å². The molecule has 0 aliphatic carbocycles. The molecule has 0 radical (unpaired) electrons. The number of Topliss-reactive ketones (excluding diaryl/α,β-unsaturated/α-hetero) is 1. The Balaban J connectivity index is 2.95. The second-order valence-electron chi connectivity index (χ2n) is 4.04. The average Bonchev–Trinajstić information content (AvgIpc) is 2.15. The highest BCUT2D eigenvalue weighted by Crippen LogP contribution is 2.25. The predicted molar refractivity (Wildman–Crippen MR) is 71.1 cm³/mol. The number of alkyl halides is 2. The van der Waals surface area contributed by atoms with Crippen molar-refractivity contribution >= 4 is 37.6 Å². The molecule has 0 spiro atoms. The molecule has 0 heterocycles. The third-order valence-electron chi connectivity index (χ3n) is 2.17. The Kier molecular flexibility index (Phi) is 4.13. The summed E-state index contributed by atoms with van der Waals surface area (Å²) in [7, 11) is 0. The van der Waals surface area contributed by atoms with Crippen molar-refractivity contribution < 1.29 is 4.79 Å². The molecule has 0 bridgehead atoms. The molecule has 0 N–H and O–H groups in total.